The number of aromatic hydroxyl groups is 1. The van der Waals surface area contributed by atoms with Crippen molar-refractivity contribution in [1.29, 1.82) is 5.26 Å². The summed E-state index contributed by atoms with van der Waals surface area (Å²) in [7, 11) is 0. The average molecular weight is 344 g/mol. The number of phenolic OH excluding ortho intramolecular Hbond substituents is 1. The molecule has 0 radical (unpaired) electrons. The molecule has 1 rings (SSSR count). The van der Waals surface area contributed by atoms with E-state index in [2.05, 4.69) is 27.9 Å². The Hall–Kier alpha value is -1.29. The fourth-order valence-corrected chi connectivity index (χ4v) is 1.87. The minimum absolute atomic E-state index is 0.0731. The van der Waals surface area contributed by atoms with Crippen molar-refractivity contribution in [2.75, 3.05) is 0 Å². The van der Waals surface area contributed by atoms with E-state index in [1.807, 2.05) is 13.0 Å². The number of hydrogen-bond acceptors (Lipinski definition) is 3. The van der Waals surface area contributed by atoms with Gasteiger partial charge >= 0.3 is 0 Å². The number of nitriles is 1. The second-order valence-corrected chi connectivity index (χ2v) is 4.85. The van der Waals surface area contributed by atoms with E-state index in [1.54, 1.807) is 12.1 Å². The van der Waals surface area contributed by atoms with E-state index in [4.69, 9.17) is 5.26 Å². The molecule has 1 atom stereocenters. The summed E-state index contributed by atoms with van der Waals surface area (Å²) in [4.78, 5) is 11.8. The van der Waals surface area contributed by atoms with Crippen LogP contribution >= 0.6 is 22.6 Å². The molecule has 0 saturated carbocycles. The first kappa shape index (κ1) is 13.8. The molecule has 1 aromatic rings. The maximum absolute atomic E-state index is 11.8. The van der Waals surface area contributed by atoms with Crippen LogP contribution in [0, 0.1) is 14.9 Å². The van der Waals surface area contributed by atoms with Gasteiger partial charge in [-0.1, -0.05) is 13.3 Å². The van der Waals surface area contributed by atoms with Crippen LogP contribution in [0.3, 0.4) is 0 Å². The number of nitrogens with zero attached hydrogens (tertiary/aromatic N) is 1. The molecule has 1 unspecified atom stereocenters. The van der Waals surface area contributed by atoms with Gasteiger partial charge in [0.2, 0.25) is 0 Å². The summed E-state index contributed by atoms with van der Waals surface area (Å²) < 4.78 is 0.856. The fraction of sp³-hybridized carbons (Fsp3) is 0.333. The van der Waals surface area contributed by atoms with Crippen LogP contribution in [0.15, 0.2) is 18.2 Å². The van der Waals surface area contributed by atoms with Crippen molar-refractivity contribution in [3.63, 3.8) is 0 Å². The number of nitrogens with one attached hydrogen (secondary N) is 1. The minimum Gasteiger partial charge on any atom is -0.507 e. The van der Waals surface area contributed by atoms with Crippen molar-refractivity contribution in [1.82, 2.24) is 5.32 Å². The lowest BCUT2D eigenvalue weighted by atomic mass is 10.1. The molecule has 2 N–H and O–H groups in total. The molecule has 0 bridgehead atoms. The van der Waals surface area contributed by atoms with Gasteiger partial charge in [-0.05, 0) is 47.2 Å². The number of benzene rings is 1. The molecule has 0 fully saturated rings. The first-order chi connectivity index (χ1) is 8.08. The van der Waals surface area contributed by atoms with Crippen LogP contribution in [0.5, 0.6) is 5.75 Å². The van der Waals surface area contributed by atoms with Gasteiger partial charge in [0.1, 0.15) is 11.8 Å². The van der Waals surface area contributed by atoms with E-state index in [9.17, 15) is 9.90 Å². The normalized spacial score (nSPS) is 11.6. The van der Waals surface area contributed by atoms with Gasteiger partial charge in [0.05, 0.1) is 11.6 Å². The molecule has 0 aliphatic heterocycles. The Labute approximate surface area is 114 Å². The first-order valence-electron chi connectivity index (χ1n) is 5.27. The van der Waals surface area contributed by atoms with E-state index in [0.29, 0.717) is 6.42 Å². The summed E-state index contributed by atoms with van der Waals surface area (Å²) in [5.74, 6) is -0.489. The highest BCUT2D eigenvalue weighted by Crippen LogP contribution is 2.19. The van der Waals surface area contributed by atoms with Crippen LogP contribution < -0.4 is 5.32 Å². The lowest BCUT2D eigenvalue weighted by molar-refractivity contribution is 0.0941. The lowest BCUT2D eigenvalue weighted by Crippen LogP contribution is -2.33. The monoisotopic (exact) mass is 344 g/mol. The molecule has 0 heterocycles. The van der Waals surface area contributed by atoms with Crippen LogP contribution in [0.1, 0.15) is 30.1 Å². The molecule has 17 heavy (non-hydrogen) atoms. The van der Waals surface area contributed by atoms with Gasteiger partial charge in [-0.2, -0.15) is 5.26 Å². The van der Waals surface area contributed by atoms with Crippen LogP contribution in [0.2, 0.25) is 0 Å². The van der Waals surface area contributed by atoms with Crippen molar-refractivity contribution < 1.29 is 9.90 Å². The summed E-state index contributed by atoms with van der Waals surface area (Å²) in [5, 5.41) is 21.0. The summed E-state index contributed by atoms with van der Waals surface area (Å²) >= 11 is 2.06. The molecule has 5 heteroatoms. The van der Waals surface area contributed by atoms with Gasteiger partial charge in [-0.15, -0.1) is 0 Å². The van der Waals surface area contributed by atoms with Crippen LogP contribution in [0.25, 0.3) is 0 Å². The Kier molecular flexibility index (Phi) is 5.22. The highest BCUT2D eigenvalue weighted by molar-refractivity contribution is 14.1. The fourth-order valence-electron chi connectivity index (χ4n) is 1.38. The average Bonchev–Trinajstić information content (AvgIpc) is 2.31. The van der Waals surface area contributed by atoms with E-state index in [-0.39, 0.29) is 11.3 Å². The van der Waals surface area contributed by atoms with E-state index in [0.717, 1.165) is 9.99 Å². The molecule has 0 saturated heterocycles. The van der Waals surface area contributed by atoms with Gasteiger partial charge in [0.25, 0.3) is 5.91 Å². The molecule has 1 amide bonds. The highest BCUT2D eigenvalue weighted by Gasteiger charge is 2.15. The smallest absolute Gasteiger partial charge is 0.256 e. The topological polar surface area (TPSA) is 73.1 Å². The summed E-state index contributed by atoms with van der Waals surface area (Å²) in [6, 6.07) is 6.28. The van der Waals surface area contributed by atoms with Crippen molar-refractivity contribution in [2.45, 2.75) is 25.8 Å². The predicted molar refractivity (Wildman–Crippen MR) is 72.6 cm³/mol. The number of carbonyl (C=O) groups excluding carboxylic acids is 1. The molecule has 0 aliphatic carbocycles. The van der Waals surface area contributed by atoms with Crippen molar-refractivity contribution in [3.8, 4) is 11.8 Å². The number of halogens is 1. The van der Waals surface area contributed by atoms with Crippen LogP contribution in [-0.4, -0.2) is 17.1 Å². The quantitative estimate of drug-likeness (QED) is 0.824. The summed E-state index contributed by atoms with van der Waals surface area (Å²) in [6.45, 7) is 1.94. The Balaban J connectivity index is 2.83. The summed E-state index contributed by atoms with van der Waals surface area (Å²) in [5.41, 5.74) is 0.202. The molecule has 0 aromatic heterocycles. The second-order valence-electron chi connectivity index (χ2n) is 3.61. The zero-order chi connectivity index (χ0) is 12.8. The maximum Gasteiger partial charge on any atom is 0.256 e. The molecule has 4 nitrogen and oxygen atoms in total. The third kappa shape index (κ3) is 3.89. The number of rotatable bonds is 4. The Morgan fingerprint density at radius 2 is 2.35 bits per heavy atom. The molecule has 0 spiro atoms. The van der Waals surface area contributed by atoms with Gasteiger partial charge in [0.15, 0.2) is 0 Å². The number of carbonyl (C=O) groups is 1. The zero-order valence-corrected chi connectivity index (χ0v) is 11.6. The number of hydrogen-bond donors (Lipinski definition) is 2. The van der Waals surface area contributed by atoms with Crippen molar-refractivity contribution >= 4 is 28.5 Å². The lowest BCUT2D eigenvalue weighted by Gasteiger charge is -2.11. The number of amides is 1. The standard InChI is InChI=1S/C12H13IN2O2/c1-2-3-9(7-14)15-12(17)10-6-8(13)4-5-11(10)16/h4-6,9,16H,2-3H2,1H3,(H,15,17). The minimum atomic E-state index is -0.509. The predicted octanol–water partition coefficient (Wildman–Crippen LogP) is 2.42. The number of phenols is 1. The van der Waals surface area contributed by atoms with E-state index < -0.39 is 11.9 Å². The SMILES string of the molecule is CCCC(C#N)NC(=O)c1cc(I)ccc1O. The van der Waals surface area contributed by atoms with Crippen LogP contribution in [0.4, 0.5) is 0 Å². The molecular weight excluding hydrogens is 331 g/mol. The Morgan fingerprint density at radius 1 is 1.65 bits per heavy atom. The molecule has 90 valence electrons. The van der Waals surface area contributed by atoms with Gasteiger partial charge in [-0.25, -0.2) is 0 Å². The first-order valence-corrected chi connectivity index (χ1v) is 6.35. The van der Waals surface area contributed by atoms with Crippen LogP contribution in [-0.2, 0) is 0 Å². The highest BCUT2D eigenvalue weighted by atomic mass is 127. The van der Waals surface area contributed by atoms with Gasteiger partial charge in [0, 0.05) is 3.57 Å². The van der Waals surface area contributed by atoms with Crippen molar-refractivity contribution in [2.24, 2.45) is 0 Å². The van der Waals surface area contributed by atoms with E-state index in [1.165, 1.54) is 6.07 Å². The Morgan fingerprint density at radius 3 is 2.94 bits per heavy atom. The van der Waals surface area contributed by atoms with Gasteiger partial charge < -0.3 is 10.4 Å². The van der Waals surface area contributed by atoms with Crippen molar-refractivity contribution in [3.05, 3.63) is 27.3 Å². The molecule has 1 aromatic carbocycles. The zero-order valence-electron chi connectivity index (χ0n) is 9.40. The third-order valence-corrected chi connectivity index (χ3v) is 2.91. The summed E-state index contributed by atoms with van der Waals surface area (Å²) in [6.07, 6.45) is 1.42. The van der Waals surface area contributed by atoms with Gasteiger partial charge in [-0.3, -0.25) is 4.79 Å². The molecular formula is C12H13IN2O2. The second kappa shape index (κ2) is 6.45. The molecule has 0 aliphatic rings. The third-order valence-electron chi connectivity index (χ3n) is 2.24. The van der Waals surface area contributed by atoms with E-state index >= 15 is 0 Å². The largest absolute Gasteiger partial charge is 0.507 e. The Bertz CT molecular complexity index is 454. The maximum atomic E-state index is 11.8.